The molecular weight excluding hydrogens is 322 g/mol. The molecule has 2 heterocycles. The third kappa shape index (κ3) is 6.17. The summed E-state index contributed by atoms with van der Waals surface area (Å²) in [6, 6.07) is 2.10. The second-order valence-electron chi connectivity index (χ2n) is 6.62. The molecule has 1 aromatic rings. The lowest BCUT2D eigenvalue weighted by atomic mass is 9.96. The maximum atomic E-state index is 11.7. The number of likely N-dealkylation sites (tertiary alicyclic amines) is 1. The van der Waals surface area contributed by atoms with Crippen LogP contribution in [0.4, 0.5) is 0 Å². The van der Waals surface area contributed by atoms with Crippen LogP contribution in [0, 0.1) is 19.8 Å². The molecule has 1 aliphatic heterocycles. The highest BCUT2D eigenvalue weighted by atomic mass is 16.5. The second-order valence-corrected chi connectivity index (χ2v) is 6.62. The van der Waals surface area contributed by atoms with Crippen molar-refractivity contribution in [1.29, 1.82) is 0 Å². The summed E-state index contributed by atoms with van der Waals surface area (Å²) in [5.74, 6) is 1.20. The lowest BCUT2D eigenvalue weighted by Gasteiger charge is -2.31. The Morgan fingerprint density at radius 2 is 1.92 bits per heavy atom. The Labute approximate surface area is 149 Å². The molecule has 2 N–H and O–H groups in total. The number of methoxy groups -OCH3 is 1. The predicted molar refractivity (Wildman–Crippen MR) is 94.1 cm³/mol. The first kappa shape index (κ1) is 19.5. The monoisotopic (exact) mass is 351 g/mol. The van der Waals surface area contributed by atoms with Crippen molar-refractivity contribution in [2.75, 3.05) is 39.9 Å². The van der Waals surface area contributed by atoms with Gasteiger partial charge in [0.2, 0.25) is 0 Å². The van der Waals surface area contributed by atoms with Crippen molar-refractivity contribution < 1.29 is 18.7 Å². The fourth-order valence-corrected chi connectivity index (χ4v) is 3.09. The smallest absolute Gasteiger partial charge is 0.309 e. The zero-order valence-electron chi connectivity index (χ0n) is 15.4. The molecule has 1 aromatic heterocycles. The first-order valence-electron chi connectivity index (χ1n) is 8.82. The van der Waals surface area contributed by atoms with Crippen LogP contribution in [0.1, 0.15) is 29.9 Å². The van der Waals surface area contributed by atoms with Crippen molar-refractivity contribution >= 4 is 11.8 Å². The van der Waals surface area contributed by atoms with Crippen LogP contribution in [0.15, 0.2) is 10.5 Å². The minimum Gasteiger partial charge on any atom is -0.466 e. The first-order chi connectivity index (χ1) is 12.0. The zero-order valence-corrected chi connectivity index (χ0v) is 15.4. The minimum atomic E-state index is -0.597. The second kappa shape index (κ2) is 9.58. The number of rotatable bonds is 7. The molecule has 140 valence electrons. The van der Waals surface area contributed by atoms with Crippen molar-refractivity contribution in [2.45, 2.75) is 33.2 Å². The molecule has 0 unspecified atom stereocenters. The van der Waals surface area contributed by atoms with Crippen molar-refractivity contribution in [3.63, 3.8) is 0 Å². The molecule has 25 heavy (non-hydrogen) atoms. The largest absolute Gasteiger partial charge is 0.466 e. The molecule has 0 saturated carbocycles. The SMILES string of the molecule is COCCNC(=O)C(=O)NCC1CCN(Cc2cc(C)oc2C)CC1. The van der Waals surface area contributed by atoms with E-state index in [1.54, 1.807) is 7.11 Å². The van der Waals surface area contributed by atoms with Crippen LogP contribution in [-0.2, 0) is 20.9 Å². The van der Waals surface area contributed by atoms with E-state index in [9.17, 15) is 9.59 Å². The predicted octanol–water partition coefficient (Wildman–Crippen LogP) is 0.987. The molecule has 0 atom stereocenters. The summed E-state index contributed by atoms with van der Waals surface area (Å²) in [4.78, 5) is 25.7. The van der Waals surface area contributed by atoms with Gasteiger partial charge in [-0.05, 0) is 51.8 Å². The van der Waals surface area contributed by atoms with E-state index in [4.69, 9.17) is 9.15 Å². The van der Waals surface area contributed by atoms with E-state index in [0.29, 0.717) is 25.6 Å². The lowest BCUT2D eigenvalue weighted by Crippen LogP contribution is -2.44. The number of hydrogen-bond donors (Lipinski definition) is 2. The van der Waals surface area contributed by atoms with Gasteiger partial charge in [0, 0.05) is 32.3 Å². The van der Waals surface area contributed by atoms with Crippen molar-refractivity contribution in [1.82, 2.24) is 15.5 Å². The topological polar surface area (TPSA) is 83.8 Å². The van der Waals surface area contributed by atoms with Crippen LogP contribution in [0.3, 0.4) is 0 Å². The Kier molecular flexibility index (Phi) is 7.46. The van der Waals surface area contributed by atoms with E-state index in [2.05, 4.69) is 21.6 Å². The average molecular weight is 351 g/mol. The summed E-state index contributed by atoms with van der Waals surface area (Å²) in [6.45, 7) is 8.15. The van der Waals surface area contributed by atoms with Gasteiger partial charge in [-0.2, -0.15) is 0 Å². The fourth-order valence-electron chi connectivity index (χ4n) is 3.09. The van der Waals surface area contributed by atoms with Gasteiger partial charge in [0.15, 0.2) is 0 Å². The molecule has 7 heteroatoms. The molecule has 0 radical (unpaired) electrons. The minimum absolute atomic E-state index is 0.341. The van der Waals surface area contributed by atoms with Crippen LogP contribution in [0.5, 0.6) is 0 Å². The molecular formula is C18H29N3O4. The number of amides is 2. The van der Waals surface area contributed by atoms with Crippen LogP contribution in [-0.4, -0.2) is 56.6 Å². The molecule has 1 fully saturated rings. The summed E-state index contributed by atoms with van der Waals surface area (Å²) in [7, 11) is 1.55. The van der Waals surface area contributed by atoms with Crippen LogP contribution in [0.25, 0.3) is 0 Å². The number of piperidine rings is 1. The molecule has 1 aliphatic rings. The van der Waals surface area contributed by atoms with Crippen LogP contribution in [0.2, 0.25) is 0 Å². The highest BCUT2D eigenvalue weighted by Crippen LogP contribution is 2.21. The number of aryl methyl sites for hydroxylation is 2. The Hall–Kier alpha value is -1.86. The molecule has 1 saturated heterocycles. The van der Waals surface area contributed by atoms with Gasteiger partial charge in [0.25, 0.3) is 0 Å². The zero-order chi connectivity index (χ0) is 18.2. The number of nitrogens with one attached hydrogen (secondary N) is 2. The average Bonchev–Trinajstić information content (AvgIpc) is 2.91. The Morgan fingerprint density at radius 3 is 2.52 bits per heavy atom. The van der Waals surface area contributed by atoms with Crippen molar-refractivity contribution in [3.05, 3.63) is 23.2 Å². The van der Waals surface area contributed by atoms with Gasteiger partial charge < -0.3 is 19.8 Å². The highest BCUT2D eigenvalue weighted by Gasteiger charge is 2.22. The Bertz CT molecular complexity index is 577. The molecule has 0 bridgehead atoms. The van der Waals surface area contributed by atoms with Gasteiger partial charge in [-0.25, -0.2) is 0 Å². The third-order valence-corrected chi connectivity index (χ3v) is 4.59. The number of nitrogens with zero attached hydrogens (tertiary/aromatic N) is 1. The molecule has 0 aromatic carbocycles. The maximum Gasteiger partial charge on any atom is 0.309 e. The van der Waals surface area contributed by atoms with Crippen molar-refractivity contribution in [3.8, 4) is 0 Å². The van der Waals surface area contributed by atoms with Crippen LogP contribution >= 0.6 is 0 Å². The van der Waals surface area contributed by atoms with E-state index < -0.39 is 11.8 Å². The van der Waals surface area contributed by atoms with Gasteiger partial charge in [-0.15, -0.1) is 0 Å². The Balaban J connectivity index is 1.66. The first-order valence-corrected chi connectivity index (χ1v) is 8.82. The third-order valence-electron chi connectivity index (χ3n) is 4.59. The van der Waals surface area contributed by atoms with Gasteiger partial charge >= 0.3 is 11.8 Å². The van der Waals surface area contributed by atoms with Gasteiger partial charge in [0.1, 0.15) is 11.5 Å². The molecule has 2 amide bonds. The van der Waals surface area contributed by atoms with Crippen molar-refractivity contribution in [2.24, 2.45) is 5.92 Å². The van der Waals surface area contributed by atoms with E-state index in [1.807, 2.05) is 13.8 Å². The summed E-state index contributed by atoms with van der Waals surface area (Å²) in [6.07, 6.45) is 2.03. The highest BCUT2D eigenvalue weighted by molar-refractivity contribution is 6.35. The molecule has 0 spiro atoms. The number of carbonyl (C=O) groups is 2. The van der Waals surface area contributed by atoms with Gasteiger partial charge in [-0.1, -0.05) is 0 Å². The normalized spacial score (nSPS) is 16.0. The number of hydrogen-bond acceptors (Lipinski definition) is 5. The summed E-state index contributed by atoms with van der Waals surface area (Å²) in [5.41, 5.74) is 1.25. The van der Waals surface area contributed by atoms with E-state index in [0.717, 1.165) is 44.0 Å². The van der Waals surface area contributed by atoms with Gasteiger partial charge in [0.05, 0.1) is 6.61 Å². The summed E-state index contributed by atoms with van der Waals surface area (Å²) in [5, 5.41) is 5.25. The maximum absolute atomic E-state index is 11.7. The van der Waals surface area contributed by atoms with Crippen LogP contribution < -0.4 is 10.6 Å². The standard InChI is InChI=1S/C18H29N3O4/c1-13-10-16(14(2)25-13)12-21-7-4-15(5-8-21)11-20-18(23)17(22)19-6-9-24-3/h10,15H,4-9,11-12H2,1-3H3,(H,19,22)(H,20,23). The van der Waals surface area contributed by atoms with Gasteiger partial charge in [-0.3, -0.25) is 14.5 Å². The lowest BCUT2D eigenvalue weighted by molar-refractivity contribution is -0.139. The fraction of sp³-hybridized carbons (Fsp3) is 0.667. The number of carbonyl (C=O) groups excluding carboxylic acids is 2. The Morgan fingerprint density at radius 1 is 1.24 bits per heavy atom. The molecule has 2 rings (SSSR count). The quantitative estimate of drug-likeness (QED) is 0.565. The van der Waals surface area contributed by atoms with E-state index in [1.165, 1.54) is 5.56 Å². The number of ether oxygens (including phenoxy) is 1. The molecule has 0 aliphatic carbocycles. The van der Waals surface area contributed by atoms with E-state index in [-0.39, 0.29) is 0 Å². The summed E-state index contributed by atoms with van der Waals surface area (Å²) >= 11 is 0. The summed E-state index contributed by atoms with van der Waals surface area (Å²) < 4.78 is 10.4. The van der Waals surface area contributed by atoms with E-state index >= 15 is 0 Å². The molecule has 7 nitrogen and oxygen atoms in total. The number of furan rings is 1.